The highest BCUT2D eigenvalue weighted by atomic mass is 32.2. The lowest BCUT2D eigenvalue weighted by Gasteiger charge is -2.19. The van der Waals surface area contributed by atoms with E-state index in [2.05, 4.69) is 15.6 Å². The van der Waals surface area contributed by atoms with Gasteiger partial charge in [-0.3, -0.25) is 4.99 Å². The average Bonchev–Trinajstić information content (AvgIpc) is 2.39. The molecule has 0 saturated heterocycles. The Morgan fingerprint density at radius 1 is 1.14 bits per heavy atom. The predicted molar refractivity (Wildman–Crippen MR) is 88.6 cm³/mol. The van der Waals surface area contributed by atoms with Gasteiger partial charge in [0.2, 0.25) is 0 Å². The summed E-state index contributed by atoms with van der Waals surface area (Å²) in [4.78, 5) is 4.07. The van der Waals surface area contributed by atoms with Gasteiger partial charge in [-0.05, 0) is 40.5 Å². The molecule has 0 amide bonds. The third kappa shape index (κ3) is 8.93. The van der Waals surface area contributed by atoms with Crippen molar-refractivity contribution in [2.75, 3.05) is 39.1 Å². The molecule has 0 radical (unpaired) electrons. The highest BCUT2D eigenvalue weighted by Gasteiger charge is 2.28. The van der Waals surface area contributed by atoms with Crippen LogP contribution in [0.5, 0.6) is 0 Å². The molecule has 0 aliphatic heterocycles. The molecule has 0 heterocycles. The standard InChI is InChI=1S/C14H31N3O3S/c1-6-20-11-8-7-9-16-13(15-5)17-10-12-21(18,19)14(2,3)4/h6-12H2,1-5H3,(H2,15,16,17). The largest absolute Gasteiger partial charge is 0.382 e. The van der Waals surface area contributed by atoms with Crippen LogP contribution in [0.2, 0.25) is 0 Å². The van der Waals surface area contributed by atoms with Crippen molar-refractivity contribution in [1.29, 1.82) is 0 Å². The summed E-state index contributed by atoms with van der Waals surface area (Å²) >= 11 is 0. The molecule has 0 bridgehead atoms. The van der Waals surface area contributed by atoms with Crippen molar-refractivity contribution in [1.82, 2.24) is 10.6 Å². The molecule has 0 aromatic rings. The SMILES string of the molecule is CCOCCCCNC(=NC)NCCS(=O)(=O)C(C)(C)C. The summed E-state index contributed by atoms with van der Waals surface area (Å²) in [5, 5.41) is 6.19. The van der Waals surface area contributed by atoms with Gasteiger partial charge in [0.1, 0.15) is 0 Å². The van der Waals surface area contributed by atoms with Crippen LogP contribution in [0.3, 0.4) is 0 Å². The molecular formula is C14H31N3O3S. The fourth-order valence-electron chi connectivity index (χ4n) is 1.51. The van der Waals surface area contributed by atoms with Gasteiger partial charge in [-0.2, -0.15) is 0 Å². The Labute approximate surface area is 129 Å². The van der Waals surface area contributed by atoms with Crippen molar-refractivity contribution in [3.8, 4) is 0 Å². The predicted octanol–water partition coefficient (Wildman–Crippen LogP) is 1.18. The van der Waals surface area contributed by atoms with Crippen molar-refractivity contribution in [3.05, 3.63) is 0 Å². The zero-order chi connectivity index (χ0) is 16.4. The van der Waals surface area contributed by atoms with Crippen LogP contribution in [-0.2, 0) is 14.6 Å². The van der Waals surface area contributed by atoms with Crippen molar-refractivity contribution in [2.45, 2.75) is 45.3 Å². The Kier molecular flexibility index (Phi) is 9.61. The Bertz CT molecular complexity index is 400. The van der Waals surface area contributed by atoms with Crippen LogP contribution in [0.15, 0.2) is 4.99 Å². The minimum atomic E-state index is -3.10. The third-order valence-electron chi connectivity index (χ3n) is 3.03. The molecule has 0 aromatic heterocycles. The molecule has 6 nitrogen and oxygen atoms in total. The average molecular weight is 321 g/mol. The normalized spacial score (nSPS) is 13.3. The molecule has 0 saturated carbocycles. The van der Waals surface area contributed by atoms with E-state index < -0.39 is 14.6 Å². The maximum Gasteiger partial charge on any atom is 0.191 e. The zero-order valence-corrected chi connectivity index (χ0v) is 14.8. The number of nitrogens with one attached hydrogen (secondary N) is 2. The third-order valence-corrected chi connectivity index (χ3v) is 5.64. The number of unbranched alkanes of at least 4 members (excludes halogenated alkanes) is 1. The lowest BCUT2D eigenvalue weighted by atomic mass is 10.3. The molecule has 7 heteroatoms. The second-order valence-electron chi connectivity index (χ2n) is 5.76. The lowest BCUT2D eigenvalue weighted by molar-refractivity contribution is 0.143. The monoisotopic (exact) mass is 321 g/mol. The number of ether oxygens (including phenoxy) is 1. The van der Waals surface area contributed by atoms with Gasteiger partial charge in [-0.15, -0.1) is 0 Å². The van der Waals surface area contributed by atoms with Crippen LogP contribution in [0.1, 0.15) is 40.5 Å². The molecule has 0 rings (SSSR count). The Balaban J connectivity index is 3.92. The molecular weight excluding hydrogens is 290 g/mol. The lowest BCUT2D eigenvalue weighted by Crippen LogP contribution is -2.42. The van der Waals surface area contributed by atoms with Gasteiger partial charge in [-0.25, -0.2) is 8.42 Å². The Morgan fingerprint density at radius 2 is 1.76 bits per heavy atom. The van der Waals surface area contributed by atoms with E-state index in [9.17, 15) is 8.42 Å². The van der Waals surface area contributed by atoms with Crippen LogP contribution in [0.25, 0.3) is 0 Å². The van der Waals surface area contributed by atoms with Crippen LogP contribution in [-0.4, -0.2) is 58.2 Å². The fourth-order valence-corrected chi connectivity index (χ4v) is 2.49. The van der Waals surface area contributed by atoms with Crippen LogP contribution in [0, 0.1) is 0 Å². The van der Waals surface area contributed by atoms with E-state index in [1.165, 1.54) is 0 Å². The first kappa shape index (κ1) is 20.2. The van der Waals surface area contributed by atoms with Crippen molar-refractivity contribution >= 4 is 15.8 Å². The Morgan fingerprint density at radius 3 is 2.29 bits per heavy atom. The molecule has 0 aliphatic rings. The molecule has 0 aromatic carbocycles. The molecule has 0 atom stereocenters. The number of sulfone groups is 1. The Hall–Kier alpha value is -0.820. The topological polar surface area (TPSA) is 79.8 Å². The summed E-state index contributed by atoms with van der Waals surface area (Å²) in [5.41, 5.74) is 0. The molecule has 0 spiro atoms. The maximum atomic E-state index is 12.0. The van der Waals surface area contributed by atoms with Crippen molar-refractivity contribution in [2.24, 2.45) is 4.99 Å². The van der Waals surface area contributed by atoms with Crippen LogP contribution < -0.4 is 10.6 Å². The molecule has 0 unspecified atom stereocenters. The summed E-state index contributed by atoms with van der Waals surface area (Å²) in [5.74, 6) is 0.733. The first-order valence-electron chi connectivity index (χ1n) is 7.49. The molecule has 126 valence electrons. The van der Waals surface area contributed by atoms with Crippen molar-refractivity contribution in [3.63, 3.8) is 0 Å². The number of aliphatic imine (C=N–C) groups is 1. The highest BCUT2D eigenvalue weighted by molar-refractivity contribution is 7.92. The van der Waals surface area contributed by atoms with Gasteiger partial charge in [0.05, 0.1) is 10.5 Å². The molecule has 21 heavy (non-hydrogen) atoms. The quantitative estimate of drug-likeness (QED) is 0.379. The zero-order valence-electron chi connectivity index (χ0n) is 14.0. The van der Waals surface area contributed by atoms with Gasteiger partial charge >= 0.3 is 0 Å². The van der Waals surface area contributed by atoms with E-state index in [0.717, 1.165) is 32.6 Å². The van der Waals surface area contributed by atoms with E-state index in [1.54, 1.807) is 27.8 Å². The van der Waals surface area contributed by atoms with Gasteiger partial charge in [-0.1, -0.05) is 0 Å². The summed E-state index contributed by atoms with van der Waals surface area (Å²) < 4.78 is 28.5. The molecule has 0 fully saturated rings. The number of hydrogen-bond donors (Lipinski definition) is 2. The highest BCUT2D eigenvalue weighted by Crippen LogP contribution is 2.15. The van der Waals surface area contributed by atoms with Crippen LogP contribution in [0.4, 0.5) is 0 Å². The number of guanidine groups is 1. The summed E-state index contributed by atoms with van der Waals surface area (Å²) in [7, 11) is -1.42. The number of nitrogens with zero attached hydrogens (tertiary/aromatic N) is 1. The van der Waals surface area contributed by atoms with Gasteiger partial charge in [0, 0.05) is 33.4 Å². The molecule has 2 N–H and O–H groups in total. The smallest absolute Gasteiger partial charge is 0.191 e. The van der Waals surface area contributed by atoms with E-state index in [0.29, 0.717) is 12.5 Å². The summed E-state index contributed by atoms with van der Waals surface area (Å²) in [6.45, 7) is 9.80. The minimum Gasteiger partial charge on any atom is -0.382 e. The fraction of sp³-hybridized carbons (Fsp3) is 0.929. The van der Waals surface area contributed by atoms with Gasteiger partial charge < -0.3 is 15.4 Å². The second-order valence-corrected chi connectivity index (χ2v) is 8.62. The van der Waals surface area contributed by atoms with Crippen LogP contribution >= 0.6 is 0 Å². The number of rotatable bonds is 9. The van der Waals surface area contributed by atoms with E-state index in [-0.39, 0.29) is 5.75 Å². The summed E-state index contributed by atoms with van der Waals surface area (Å²) in [6, 6.07) is 0. The van der Waals surface area contributed by atoms with Gasteiger partial charge in [0.25, 0.3) is 0 Å². The second kappa shape index (κ2) is 10.00. The van der Waals surface area contributed by atoms with E-state index in [4.69, 9.17) is 4.74 Å². The van der Waals surface area contributed by atoms with Crippen molar-refractivity contribution < 1.29 is 13.2 Å². The van der Waals surface area contributed by atoms with E-state index in [1.807, 2.05) is 6.92 Å². The number of hydrogen-bond acceptors (Lipinski definition) is 4. The first-order valence-corrected chi connectivity index (χ1v) is 9.14. The summed E-state index contributed by atoms with van der Waals surface area (Å²) in [6.07, 6.45) is 1.98. The molecule has 0 aliphatic carbocycles. The maximum absolute atomic E-state index is 12.0. The van der Waals surface area contributed by atoms with E-state index >= 15 is 0 Å². The first-order chi connectivity index (χ1) is 9.74. The minimum absolute atomic E-state index is 0.0987. The van der Waals surface area contributed by atoms with Gasteiger partial charge in [0.15, 0.2) is 15.8 Å².